The number of hydrazone groups is 1. The van der Waals surface area contributed by atoms with Crippen LogP contribution in [-0.2, 0) is 9.59 Å². The molecular weight excluding hydrogens is 473 g/mol. The van der Waals surface area contributed by atoms with E-state index < -0.39 is 11.8 Å². The lowest BCUT2D eigenvalue weighted by molar-refractivity contribution is -0.136. The van der Waals surface area contributed by atoms with E-state index in [0.717, 1.165) is 16.8 Å². The van der Waals surface area contributed by atoms with Crippen LogP contribution in [0.2, 0.25) is 10.0 Å². The second-order valence-electron chi connectivity index (χ2n) is 7.36. The first-order chi connectivity index (χ1) is 16.4. The van der Waals surface area contributed by atoms with Gasteiger partial charge in [-0.15, -0.1) is 0 Å². The number of hydrogen-bond donors (Lipinski definition) is 2. The topological polar surface area (TPSA) is 88.4 Å². The van der Waals surface area contributed by atoms with Gasteiger partial charge in [0.2, 0.25) is 0 Å². The molecule has 3 aromatic carbocycles. The molecule has 2 N–H and O–H groups in total. The van der Waals surface area contributed by atoms with Gasteiger partial charge in [0, 0.05) is 23.0 Å². The highest BCUT2D eigenvalue weighted by Crippen LogP contribution is 2.25. The Labute approximate surface area is 206 Å². The second kappa shape index (κ2) is 10.3. The number of hydrogen-bond acceptors (Lipinski definition) is 4. The van der Waals surface area contributed by atoms with Crippen molar-refractivity contribution in [2.75, 3.05) is 5.32 Å². The van der Waals surface area contributed by atoms with Crippen molar-refractivity contribution in [3.8, 4) is 16.9 Å². The van der Waals surface area contributed by atoms with Crippen LogP contribution in [0.15, 0.2) is 84.1 Å². The third-order valence-electron chi connectivity index (χ3n) is 4.84. The number of nitrogens with one attached hydrogen (secondary N) is 2. The monoisotopic (exact) mass is 491 g/mol. The minimum Gasteiger partial charge on any atom is -0.318 e. The molecule has 0 aliphatic rings. The second-order valence-corrected chi connectivity index (χ2v) is 8.18. The van der Waals surface area contributed by atoms with Crippen LogP contribution in [0, 0.1) is 6.92 Å². The largest absolute Gasteiger partial charge is 0.329 e. The van der Waals surface area contributed by atoms with Crippen molar-refractivity contribution < 1.29 is 9.59 Å². The van der Waals surface area contributed by atoms with E-state index in [1.54, 1.807) is 10.9 Å². The highest BCUT2D eigenvalue weighted by atomic mass is 35.5. The van der Waals surface area contributed by atoms with Crippen molar-refractivity contribution in [1.82, 2.24) is 15.2 Å². The molecule has 0 spiro atoms. The summed E-state index contributed by atoms with van der Waals surface area (Å²) in [4.78, 5) is 24.4. The van der Waals surface area contributed by atoms with E-state index in [-0.39, 0.29) is 5.02 Å². The molecule has 0 saturated carbocycles. The van der Waals surface area contributed by atoms with Gasteiger partial charge >= 0.3 is 11.8 Å². The Bertz CT molecular complexity index is 1370. The predicted octanol–water partition coefficient (Wildman–Crippen LogP) is 5.24. The number of benzene rings is 3. The van der Waals surface area contributed by atoms with Crippen molar-refractivity contribution in [1.29, 1.82) is 0 Å². The fourth-order valence-electron chi connectivity index (χ4n) is 3.10. The number of anilines is 1. The summed E-state index contributed by atoms with van der Waals surface area (Å²) < 4.78 is 1.73. The molecule has 0 unspecified atom stereocenters. The summed E-state index contributed by atoms with van der Waals surface area (Å²) in [6.07, 6.45) is 3.25. The molecule has 4 rings (SSSR count). The van der Waals surface area contributed by atoms with E-state index in [1.165, 1.54) is 24.4 Å². The van der Waals surface area contributed by atoms with Crippen LogP contribution in [0.3, 0.4) is 0 Å². The lowest BCUT2D eigenvalue weighted by atomic mass is 10.1. The molecule has 9 heteroatoms. The highest BCUT2D eigenvalue weighted by Gasteiger charge is 2.15. The number of aryl methyl sites for hydroxylation is 1. The van der Waals surface area contributed by atoms with E-state index in [0.29, 0.717) is 22.0 Å². The summed E-state index contributed by atoms with van der Waals surface area (Å²) in [6, 6.07) is 22.1. The Morgan fingerprint density at radius 1 is 0.941 bits per heavy atom. The summed E-state index contributed by atoms with van der Waals surface area (Å²) in [7, 11) is 0. The third kappa shape index (κ3) is 5.51. The number of nitrogens with zero attached hydrogens (tertiary/aromatic N) is 3. The fourth-order valence-corrected chi connectivity index (χ4v) is 3.40. The molecule has 0 aliphatic heterocycles. The van der Waals surface area contributed by atoms with Crippen LogP contribution in [0.5, 0.6) is 0 Å². The van der Waals surface area contributed by atoms with Crippen LogP contribution < -0.4 is 10.7 Å². The molecular formula is C25H19Cl2N5O2. The van der Waals surface area contributed by atoms with Gasteiger partial charge in [0.1, 0.15) is 5.69 Å². The highest BCUT2D eigenvalue weighted by molar-refractivity contribution is 6.43. The number of amides is 2. The number of carbonyl (C=O) groups is 2. The first kappa shape index (κ1) is 23.2. The molecule has 1 heterocycles. The van der Waals surface area contributed by atoms with Gasteiger partial charge < -0.3 is 5.32 Å². The Kier molecular flexibility index (Phi) is 7.06. The number of para-hydroxylation sites is 1. The van der Waals surface area contributed by atoms with Crippen molar-refractivity contribution in [2.24, 2.45) is 5.10 Å². The van der Waals surface area contributed by atoms with Gasteiger partial charge in [-0.2, -0.15) is 10.2 Å². The van der Waals surface area contributed by atoms with Gasteiger partial charge in [-0.05, 0) is 37.3 Å². The molecule has 7 nitrogen and oxygen atoms in total. The summed E-state index contributed by atoms with van der Waals surface area (Å²) in [5.74, 6) is -1.83. The van der Waals surface area contributed by atoms with Crippen LogP contribution in [0.1, 0.15) is 11.1 Å². The zero-order valence-corrected chi connectivity index (χ0v) is 19.5. The molecule has 0 saturated heterocycles. The van der Waals surface area contributed by atoms with Crippen molar-refractivity contribution in [2.45, 2.75) is 6.92 Å². The summed E-state index contributed by atoms with van der Waals surface area (Å²) in [5.41, 5.74) is 6.82. The van der Waals surface area contributed by atoms with Gasteiger partial charge in [-0.3, -0.25) is 9.59 Å². The van der Waals surface area contributed by atoms with E-state index >= 15 is 0 Å². The SMILES string of the molecule is Cc1ccc(-c2nn(-c3ccccc3)cc2/C=N\NC(=O)C(=O)Nc2ccc(Cl)c(Cl)c2)cc1. The molecule has 1 aromatic heterocycles. The lowest BCUT2D eigenvalue weighted by Gasteiger charge is -2.05. The molecule has 0 radical (unpaired) electrons. The maximum absolute atomic E-state index is 12.2. The average molecular weight is 492 g/mol. The first-order valence-corrected chi connectivity index (χ1v) is 11.0. The van der Waals surface area contributed by atoms with Crippen LogP contribution in [-0.4, -0.2) is 27.8 Å². The maximum Gasteiger partial charge on any atom is 0.329 e. The first-order valence-electron chi connectivity index (χ1n) is 10.2. The van der Waals surface area contributed by atoms with E-state index in [9.17, 15) is 9.59 Å². The number of halogens is 2. The Balaban J connectivity index is 1.52. The zero-order valence-electron chi connectivity index (χ0n) is 18.0. The van der Waals surface area contributed by atoms with Gasteiger partial charge in [0.05, 0.1) is 21.9 Å². The van der Waals surface area contributed by atoms with E-state index in [1.807, 2.05) is 61.5 Å². The molecule has 0 atom stereocenters. The van der Waals surface area contributed by atoms with Crippen molar-refractivity contribution in [3.05, 3.63) is 100 Å². The number of rotatable bonds is 5. The molecule has 0 aliphatic carbocycles. The molecule has 0 fully saturated rings. The van der Waals surface area contributed by atoms with E-state index in [2.05, 4.69) is 15.8 Å². The Morgan fingerprint density at radius 2 is 1.68 bits per heavy atom. The lowest BCUT2D eigenvalue weighted by Crippen LogP contribution is -2.32. The van der Waals surface area contributed by atoms with Gasteiger partial charge in [-0.1, -0.05) is 71.2 Å². The maximum atomic E-state index is 12.2. The molecule has 170 valence electrons. The normalized spacial score (nSPS) is 10.9. The van der Waals surface area contributed by atoms with Crippen molar-refractivity contribution >= 4 is 46.9 Å². The number of aromatic nitrogens is 2. The van der Waals surface area contributed by atoms with E-state index in [4.69, 9.17) is 28.3 Å². The van der Waals surface area contributed by atoms with Crippen LogP contribution in [0.4, 0.5) is 5.69 Å². The molecule has 4 aromatic rings. The smallest absolute Gasteiger partial charge is 0.318 e. The Hall–Kier alpha value is -3.94. The van der Waals surface area contributed by atoms with Crippen LogP contribution in [0.25, 0.3) is 16.9 Å². The minimum atomic E-state index is -0.936. The predicted molar refractivity (Wildman–Crippen MR) is 135 cm³/mol. The fraction of sp³-hybridized carbons (Fsp3) is 0.0400. The summed E-state index contributed by atoms with van der Waals surface area (Å²) in [5, 5.41) is 11.7. The van der Waals surface area contributed by atoms with Gasteiger partial charge in [-0.25, -0.2) is 10.1 Å². The molecule has 0 bridgehead atoms. The average Bonchev–Trinajstić information content (AvgIpc) is 3.26. The minimum absolute atomic E-state index is 0.261. The standard InChI is InChI=1S/C25H19Cl2N5O2/c1-16-7-9-17(10-8-16)23-18(15-32(31-23)20-5-3-2-4-6-20)14-28-30-25(34)24(33)29-19-11-12-21(26)22(27)13-19/h2-15H,1H3,(H,29,33)(H,30,34)/b28-14-. The third-order valence-corrected chi connectivity index (χ3v) is 5.58. The zero-order chi connectivity index (χ0) is 24.1. The van der Waals surface area contributed by atoms with Crippen LogP contribution >= 0.6 is 23.2 Å². The Morgan fingerprint density at radius 3 is 2.38 bits per heavy atom. The quantitative estimate of drug-likeness (QED) is 0.227. The van der Waals surface area contributed by atoms with Crippen molar-refractivity contribution in [3.63, 3.8) is 0 Å². The molecule has 34 heavy (non-hydrogen) atoms. The van der Waals surface area contributed by atoms with Gasteiger partial charge in [0.15, 0.2) is 0 Å². The molecule has 2 amide bonds. The summed E-state index contributed by atoms with van der Waals surface area (Å²) in [6.45, 7) is 2.01. The number of carbonyl (C=O) groups excluding carboxylic acids is 2. The summed E-state index contributed by atoms with van der Waals surface area (Å²) >= 11 is 11.8. The van der Waals surface area contributed by atoms with Gasteiger partial charge in [0.25, 0.3) is 0 Å².